The van der Waals surface area contributed by atoms with E-state index in [1.54, 1.807) is 7.11 Å². The lowest BCUT2D eigenvalue weighted by Gasteiger charge is -2.11. The fourth-order valence-corrected chi connectivity index (χ4v) is 4.27. The van der Waals surface area contributed by atoms with Crippen LogP contribution in [-0.2, 0) is 11.4 Å². The average Bonchev–Trinajstić information content (AvgIpc) is 3.14. The van der Waals surface area contributed by atoms with E-state index >= 15 is 0 Å². The van der Waals surface area contributed by atoms with E-state index in [-0.39, 0.29) is 5.91 Å². The number of halogens is 1. The van der Waals surface area contributed by atoms with Gasteiger partial charge in [-0.25, -0.2) is 4.99 Å². The van der Waals surface area contributed by atoms with E-state index in [0.29, 0.717) is 33.2 Å². The molecule has 0 bridgehead atoms. The van der Waals surface area contributed by atoms with Gasteiger partial charge in [-0.1, -0.05) is 47.5 Å². The Balaban J connectivity index is 1.49. The van der Waals surface area contributed by atoms with E-state index in [0.717, 1.165) is 22.4 Å². The molecule has 5 nitrogen and oxygen atoms in total. The molecule has 0 radical (unpaired) electrons. The third-order valence-corrected chi connectivity index (χ3v) is 6.18. The van der Waals surface area contributed by atoms with Crippen molar-refractivity contribution in [3.63, 3.8) is 0 Å². The Morgan fingerprint density at radius 2 is 1.82 bits per heavy atom. The predicted octanol–water partition coefficient (Wildman–Crippen LogP) is 6.44. The number of hydrogen-bond donors (Lipinski definition) is 1. The lowest BCUT2D eigenvalue weighted by molar-refractivity contribution is -0.115. The van der Waals surface area contributed by atoms with Crippen molar-refractivity contribution in [2.45, 2.75) is 20.5 Å². The van der Waals surface area contributed by atoms with Crippen LogP contribution in [0.25, 0.3) is 6.08 Å². The summed E-state index contributed by atoms with van der Waals surface area (Å²) in [6.45, 7) is 4.44. The largest absolute Gasteiger partial charge is 0.493 e. The molecule has 1 aliphatic heterocycles. The summed E-state index contributed by atoms with van der Waals surface area (Å²) in [6, 6.07) is 19.1. The van der Waals surface area contributed by atoms with Crippen LogP contribution in [0.3, 0.4) is 0 Å². The second-order valence-corrected chi connectivity index (χ2v) is 9.06. The minimum absolute atomic E-state index is 0.175. The number of carbonyl (C=O) groups excluding carboxylic acids is 1. The van der Waals surface area contributed by atoms with Gasteiger partial charge in [0.1, 0.15) is 6.61 Å². The number of carbonyl (C=O) groups is 1. The first-order valence-electron chi connectivity index (χ1n) is 10.3. The summed E-state index contributed by atoms with van der Waals surface area (Å²) in [7, 11) is 1.59. The van der Waals surface area contributed by atoms with Gasteiger partial charge in [0.15, 0.2) is 16.7 Å². The first-order chi connectivity index (χ1) is 15.9. The normalized spacial score (nSPS) is 15.7. The Labute approximate surface area is 202 Å². The van der Waals surface area contributed by atoms with Crippen LogP contribution < -0.4 is 14.8 Å². The molecule has 1 saturated heterocycles. The molecule has 168 valence electrons. The van der Waals surface area contributed by atoms with Crippen molar-refractivity contribution in [2.24, 2.45) is 4.99 Å². The van der Waals surface area contributed by atoms with Crippen LogP contribution in [-0.4, -0.2) is 18.2 Å². The molecule has 33 heavy (non-hydrogen) atoms. The van der Waals surface area contributed by atoms with Gasteiger partial charge in [-0.3, -0.25) is 4.79 Å². The van der Waals surface area contributed by atoms with Gasteiger partial charge < -0.3 is 14.8 Å². The number of thioether (sulfide) groups is 1. The number of benzene rings is 3. The second kappa shape index (κ2) is 10.1. The maximum atomic E-state index is 12.5. The van der Waals surface area contributed by atoms with Crippen molar-refractivity contribution in [1.29, 1.82) is 0 Å². The number of amides is 1. The van der Waals surface area contributed by atoms with Crippen LogP contribution in [0.4, 0.5) is 5.69 Å². The smallest absolute Gasteiger partial charge is 0.264 e. The molecule has 1 aliphatic rings. The highest BCUT2D eigenvalue weighted by molar-refractivity contribution is 8.18. The number of rotatable bonds is 6. The topological polar surface area (TPSA) is 59.9 Å². The Morgan fingerprint density at radius 3 is 2.55 bits per heavy atom. The third-order valence-electron chi connectivity index (χ3n) is 5.02. The van der Waals surface area contributed by atoms with Gasteiger partial charge >= 0.3 is 0 Å². The molecule has 0 aromatic heterocycles. The molecule has 4 rings (SSSR count). The molecule has 0 saturated carbocycles. The number of methoxy groups -OCH3 is 1. The number of nitrogens with one attached hydrogen (secondary N) is 1. The zero-order valence-electron chi connectivity index (χ0n) is 18.5. The van der Waals surface area contributed by atoms with Gasteiger partial charge in [-0.05, 0) is 78.7 Å². The zero-order valence-corrected chi connectivity index (χ0v) is 20.1. The zero-order chi connectivity index (χ0) is 23.4. The molecule has 1 N–H and O–H groups in total. The summed E-state index contributed by atoms with van der Waals surface area (Å²) in [4.78, 5) is 17.6. The van der Waals surface area contributed by atoms with Gasteiger partial charge in [-0.15, -0.1) is 0 Å². The van der Waals surface area contributed by atoms with Crippen molar-refractivity contribution in [3.8, 4) is 11.5 Å². The van der Waals surface area contributed by atoms with Gasteiger partial charge in [0.05, 0.1) is 17.7 Å². The molecule has 1 amide bonds. The van der Waals surface area contributed by atoms with Crippen LogP contribution in [0.15, 0.2) is 70.6 Å². The quantitative estimate of drug-likeness (QED) is 0.414. The highest BCUT2D eigenvalue weighted by Crippen LogP contribution is 2.33. The predicted molar refractivity (Wildman–Crippen MR) is 135 cm³/mol. The standard InChI is InChI=1S/C26H23ClN2O3S/c1-16-4-10-21(17(2)12-16)28-26-29-25(30)24(33-26)14-19-7-11-22(23(13-19)31-3)32-15-18-5-8-20(27)9-6-18/h4-14H,15H2,1-3H3,(H,28,29,30). The average molecular weight is 479 g/mol. The Morgan fingerprint density at radius 1 is 1.03 bits per heavy atom. The third kappa shape index (κ3) is 5.78. The molecule has 0 aliphatic carbocycles. The van der Waals surface area contributed by atoms with E-state index in [4.69, 9.17) is 21.1 Å². The summed E-state index contributed by atoms with van der Waals surface area (Å²) in [5.41, 5.74) is 4.91. The lowest BCUT2D eigenvalue weighted by atomic mass is 10.1. The Bertz CT molecular complexity index is 1250. The highest BCUT2D eigenvalue weighted by Gasteiger charge is 2.24. The molecular weight excluding hydrogens is 456 g/mol. The van der Waals surface area contributed by atoms with Crippen molar-refractivity contribution in [1.82, 2.24) is 5.32 Å². The molecule has 7 heteroatoms. The van der Waals surface area contributed by atoms with Crippen LogP contribution >= 0.6 is 23.4 Å². The molecule has 3 aromatic rings. The monoisotopic (exact) mass is 478 g/mol. The molecular formula is C26H23ClN2O3S. The van der Waals surface area contributed by atoms with Crippen LogP contribution in [0.1, 0.15) is 22.3 Å². The van der Waals surface area contributed by atoms with E-state index in [2.05, 4.69) is 16.4 Å². The summed E-state index contributed by atoms with van der Waals surface area (Å²) >= 11 is 7.25. The number of ether oxygens (including phenoxy) is 2. The molecule has 0 atom stereocenters. The van der Waals surface area contributed by atoms with Crippen molar-refractivity contribution < 1.29 is 14.3 Å². The van der Waals surface area contributed by atoms with Gasteiger partial charge in [0, 0.05) is 5.02 Å². The van der Waals surface area contributed by atoms with E-state index in [1.807, 2.05) is 74.5 Å². The minimum atomic E-state index is -0.175. The molecule has 3 aromatic carbocycles. The number of hydrogen-bond acceptors (Lipinski definition) is 5. The highest BCUT2D eigenvalue weighted by atomic mass is 35.5. The first-order valence-corrected chi connectivity index (χ1v) is 11.5. The number of aliphatic imine (C=N–C) groups is 1. The van der Waals surface area contributed by atoms with Gasteiger partial charge in [-0.2, -0.15) is 0 Å². The van der Waals surface area contributed by atoms with E-state index in [1.165, 1.54) is 17.3 Å². The molecule has 0 unspecified atom stereocenters. The SMILES string of the molecule is COc1cc(C=C2SC(=Nc3ccc(C)cc3C)NC2=O)ccc1OCc1ccc(Cl)cc1. The number of nitrogens with zero attached hydrogens (tertiary/aromatic N) is 1. The maximum Gasteiger partial charge on any atom is 0.264 e. The Kier molecular flexibility index (Phi) is 7.06. The van der Waals surface area contributed by atoms with Crippen molar-refractivity contribution >= 4 is 46.2 Å². The van der Waals surface area contributed by atoms with Crippen molar-refractivity contribution in [3.05, 3.63) is 92.8 Å². The fourth-order valence-electron chi connectivity index (χ4n) is 3.31. The number of aryl methyl sites for hydroxylation is 2. The molecule has 0 spiro atoms. The summed E-state index contributed by atoms with van der Waals surface area (Å²) < 4.78 is 11.4. The summed E-state index contributed by atoms with van der Waals surface area (Å²) in [6.07, 6.45) is 1.82. The molecule has 1 fully saturated rings. The first kappa shape index (κ1) is 23.0. The molecule has 1 heterocycles. The van der Waals surface area contributed by atoms with Crippen molar-refractivity contribution in [2.75, 3.05) is 7.11 Å². The summed E-state index contributed by atoms with van der Waals surface area (Å²) in [5.74, 6) is 1.03. The Hall–Kier alpha value is -3.22. The number of amidine groups is 1. The summed E-state index contributed by atoms with van der Waals surface area (Å²) in [5, 5.41) is 4.09. The fraction of sp³-hybridized carbons (Fsp3) is 0.154. The van der Waals surface area contributed by atoms with Gasteiger partial charge in [0.25, 0.3) is 5.91 Å². The van der Waals surface area contributed by atoms with Crippen LogP contribution in [0.2, 0.25) is 5.02 Å². The lowest BCUT2D eigenvalue weighted by Crippen LogP contribution is -2.19. The van der Waals surface area contributed by atoms with Crippen LogP contribution in [0, 0.1) is 13.8 Å². The maximum absolute atomic E-state index is 12.5. The second-order valence-electron chi connectivity index (χ2n) is 7.60. The van der Waals surface area contributed by atoms with E-state index in [9.17, 15) is 4.79 Å². The van der Waals surface area contributed by atoms with Gasteiger partial charge in [0.2, 0.25) is 0 Å². The van der Waals surface area contributed by atoms with Crippen LogP contribution in [0.5, 0.6) is 11.5 Å². The van der Waals surface area contributed by atoms with E-state index < -0.39 is 0 Å². The minimum Gasteiger partial charge on any atom is -0.493 e.